The standard InChI is InChI=1S/C8H15NO/c1-3-10-9-7(2)8-5-4-6-8/h8H,3-6H2,1-2H3/b9-7+. The summed E-state index contributed by atoms with van der Waals surface area (Å²) >= 11 is 0. The summed E-state index contributed by atoms with van der Waals surface area (Å²) in [6.07, 6.45) is 3.98. The van der Waals surface area contributed by atoms with Crippen LogP contribution in [0.15, 0.2) is 5.16 Å². The van der Waals surface area contributed by atoms with Crippen LogP contribution in [0.3, 0.4) is 0 Å². The first-order chi connectivity index (χ1) is 4.84. The van der Waals surface area contributed by atoms with Gasteiger partial charge in [-0.1, -0.05) is 11.6 Å². The Hall–Kier alpha value is -0.530. The molecule has 0 aliphatic heterocycles. The predicted octanol–water partition coefficient (Wildman–Crippen LogP) is 2.20. The van der Waals surface area contributed by atoms with Gasteiger partial charge in [0.1, 0.15) is 6.61 Å². The van der Waals surface area contributed by atoms with E-state index in [0.717, 1.165) is 5.92 Å². The van der Waals surface area contributed by atoms with E-state index in [2.05, 4.69) is 12.1 Å². The smallest absolute Gasteiger partial charge is 0.114 e. The van der Waals surface area contributed by atoms with Crippen LogP contribution < -0.4 is 0 Å². The Morgan fingerprint density at radius 2 is 2.30 bits per heavy atom. The van der Waals surface area contributed by atoms with Crippen molar-refractivity contribution in [1.29, 1.82) is 0 Å². The van der Waals surface area contributed by atoms with Gasteiger partial charge in [0.2, 0.25) is 0 Å². The van der Waals surface area contributed by atoms with Crippen LogP contribution in [-0.4, -0.2) is 12.3 Å². The highest BCUT2D eigenvalue weighted by Gasteiger charge is 2.20. The molecule has 0 bridgehead atoms. The van der Waals surface area contributed by atoms with Gasteiger partial charge in [-0.25, -0.2) is 0 Å². The Bertz CT molecular complexity index is 127. The van der Waals surface area contributed by atoms with E-state index in [1.54, 1.807) is 0 Å². The molecule has 0 heterocycles. The Balaban J connectivity index is 2.23. The maximum atomic E-state index is 4.94. The first-order valence-electron chi connectivity index (χ1n) is 4.01. The summed E-state index contributed by atoms with van der Waals surface area (Å²) in [5.41, 5.74) is 1.17. The maximum Gasteiger partial charge on any atom is 0.114 e. The molecule has 0 aromatic carbocycles. The van der Waals surface area contributed by atoms with E-state index >= 15 is 0 Å². The van der Waals surface area contributed by atoms with Gasteiger partial charge in [0, 0.05) is 5.92 Å². The summed E-state index contributed by atoms with van der Waals surface area (Å²) in [6.45, 7) is 4.70. The van der Waals surface area contributed by atoms with Gasteiger partial charge in [-0.2, -0.15) is 0 Å². The monoisotopic (exact) mass is 141 g/mol. The van der Waals surface area contributed by atoms with E-state index in [0.29, 0.717) is 6.61 Å². The Labute approximate surface area is 62.3 Å². The lowest BCUT2D eigenvalue weighted by atomic mass is 9.82. The molecule has 0 aromatic rings. The molecule has 0 saturated heterocycles. The van der Waals surface area contributed by atoms with Crippen molar-refractivity contribution in [2.45, 2.75) is 33.1 Å². The third-order valence-electron chi connectivity index (χ3n) is 2.03. The van der Waals surface area contributed by atoms with Crippen molar-refractivity contribution < 1.29 is 4.84 Å². The zero-order valence-electron chi connectivity index (χ0n) is 6.76. The lowest BCUT2D eigenvalue weighted by molar-refractivity contribution is 0.155. The molecule has 0 radical (unpaired) electrons. The van der Waals surface area contributed by atoms with E-state index in [1.165, 1.54) is 25.0 Å². The Morgan fingerprint density at radius 1 is 1.60 bits per heavy atom. The summed E-state index contributed by atoms with van der Waals surface area (Å²) in [6, 6.07) is 0. The summed E-state index contributed by atoms with van der Waals surface area (Å²) in [5, 5.41) is 3.98. The first kappa shape index (κ1) is 7.58. The topological polar surface area (TPSA) is 21.6 Å². The lowest BCUT2D eigenvalue weighted by Crippen LogP contribution is -2.19. The van der Waals surface area contributed by atoms with Crippen LogP contribution in [-0.2, 0) is 4.84 Å². The van der Waals surface area contributed by atoms with Crippen LogP contribution in [0.5, 0.6) is 0 Å². The molecule has 0 N–H and O–H groups in total. The second-order valence-electron chi connectivity index (χ2n) is 2.78. The summed E-state index contributed by atoms with van der Waals surface area (Å²) < 4.78 is 0. The molecule has 2 nitrogen and oxygen atoms in total. The van der Waals surface area contributed by atoms with E-state index in [1.807, 2.05) is 6.92 Å². The van der Waals surface area contributed by atoms with E-state index < -0.39 is 0 Å². The van der Waals surface area contributed by atoms with E-state index in [4.69, 9.17) is 4.84 Å². The van der Waals surface area contributed by atoms with E-state index in [-0.39, 0.29) is 0 Å². The van der Waals surface area contributed by atoms with Crippen molar-refractivity contribution in [3.63, 3.8) is 0 Å². The molecule has 2 heteroatoms. The van der Waals surface area contributed by atoms with Crippen molar-refractivity contribution in [1.82, 2.24) is 0 Å². The predicted molar refractivity (Wildman–Crippen MR) is 42.1 cm³/mol. The molecular formula is C8H15NO. The number of nitrogens with zero attached hydrogens (tertiary/aromatic N) is 1. The molecule has 1 fully saturated rings. The van der Waals surface area contributed by atoms with Crippen LogP contribution >= 0.6 is 0 Å². The van der Waals surface area contributed by atoms with Gasteiger partial charge in [0.05, 0.1) is 5.71 Å². The zero-order chi connectivity index (χ0) is 7.40. The normalized spacial score (nSPS) is 20.4. The lowest BCUT2D eigenvalue weighted by Gasteiger charge is -2.24. The first-order valence-corrected chi connectivity index (χ1v) is 4.01. The Morgan fingerprint density at radius 3 is 2.70 bits per heavy atom. The minimum absolute atomic E-state index is 0.685. The van der Waals surface area contributed by atoms with Crippen LogP contribution in [0.2, 0.25) is 0 Å². The van der Waals surface area contributed by atoms with Gasteiger partial charge < -0.3 is 4.84 Å². The molecule has 10 heavy (non-hydrogen) atoms. The van der Waals surface area contributed by atoms with Crippen LogP contribution in [0.1, 0.15) is 33.1 Å². The molecular weight excluding hydrogens is 126 g/mol. The number of rotatable bonds is 3. The van der Waals surface area contributed by atoms with Gasteiger partial charge >= 0.3 is 0 Å². The average molecular weight is 141 g/mol. The van der Waals surface area contributed by atoms with Crippen LogP contribution in [0.25, 0.3) is 0 Å². The van der Waals surface area contributed by atoms with Gasteiger partial charge in [-0.3, -0.25) is 0 Å². The summed E-state index contributed by atoms with van der Waals surface area (Å²) in [7, 11) is 0. The second kappa shape index (κ2) is 3.59. The number of hydrogen-bond acceptors (Lipinski definition) is 2. The van der Waals surface area contributed by atoms with Crippen LogP contribution in [0.4, 0.5) is 0 Å². The minimum atomic E-state index is 0.685. The highest BCUT2D eigenvalue weighted by atomic mass is 16.6. The molecule has 0 amide bonds. The fourth-order valence-corrected chi connectivity index (χ4v) is 1.07. The number of oxime groups is 1. The van der Waals surface area contributed by atoms with Crippen LogP contribution in [0, 0.1) is 5.92 Å². The van der Waals surface area contributed by atoms with Crippen molar-refractivity contribution in [2.75, 3.05) is 6.61 Å². The highest BCUT2D eigenvalue weighted by Crippen LogP contribution is 2.27. The molecule has 58 valence electrons. The average Bonchev–Trinajstić information content (AvgIpc) is 1.79. The van der Waals surface area contributed by atoms with Gasteiger partial charge in [-0.05, 0) is 26.7 Å². The fraction of sp³-hybridized carbons (Fsp3) is 0.875. The zero-order valence-corrected chi connectivity index (χ0v) is 6.76. The maximum absolute atomic E-state index is 4.94. The molecule has 0 spiro atoms. The van der Waals surface area contributed by atoms with Gasteiger partial charge in [0.25, 0.3) is 0 Å². The highest BCUT2D eigenvalue weighted by molar-refractivity contribution is 5.84. The molecule has 1 saturated carbocycles. The number of hydrogen-bond donors (Lipinski definition) is 0. The molecule has 0 aromatic heterocycles. The quantitative estimate of drug-likeness (QED) is 0.436. The largest absolute Gasteiger partial charge is 0.396 e. The van der Waals surface area contributed by atoms with Crippen molar-refractivity contribution >= 4 is 5.71 Å². The molecule has 0 atom stereocenters. The minimum Gasteiger partial charge on any atom is -0.396 e. The van der Waals surface area contributed by atoms with Gasteiger partial charge in [-0.15, -0.1) is 0 Å². The third-order valence-corrected chi connectivity index (χ3v) is 2.03. The van der Waals surface area contributed by atoms with E-state index in [9.17, 15) is 0 Å². The molecule has 1 aliphatic rings. The molecule has 1 aliphatic carbocycles. The van der Waals surface area contributed by atoms with Crippen molar-refractivity contribution in [3.05, 3.63) is 0 Å². The van der Waals surface area contributed by atoms with Gasteiger partial charge in [0.15, 0.2) is 0 Å². The molecule has 0 unspecified atom stereocenters. The summed E-state index contributed by atoms with van der Waals surface area (Å²) in [4.78, 5) is 4.94. The van der Waals surface area contributed by atoms with Crippen molar-refractivity contribution in [3.8, 4) is 0 Å². The second-order valence-corrected chi connectivity index (χ2v) is 2.78. The SMILES string of the molecule is CCO/N=C(\C)C1CCC1. The van der Waals surface area contributed by atoms with Crippen molar-refractivity contribution in [2.24, 2.45) is 11.1 Å². The Kier molecular flexibility index (Phi) is 2.72. The third kappa shape index (κ3) is 1.72. The molecule has 1 rings (SSSR count). The fourth-order valence-electron chi connectivity index (χ4n) is 1.07. The summed E-state index contributed by atoms with van der Waals surface area (Å²) in [5.74, 6) is 0.728.